The molecule has 2 rings (SSSR count). The van der Waals surface area contributed by atoms with Gasteiger partial charge in [-0.05, 0) is 30.3 Å². The predicted molar refractivity (Wildman–Crippen MR) is 74.8 cm³/mol. The first kappa shape index (κ1) is 13.5. The van der Waals surface area contributed by atoms with Crippen molar-refractivity contribution < 1.29 is 13.5 Å². The number of hydrogen-bond acceptors (Lipinski definition) is 4. The summed E-state index contributed by atoms with van der Waals surface area (Å²) in [4.78, 5) is -0.108. The Hall–Kier alpha value is -1.92. The number of benzene rings is 2. The van der Waals surface area contributed by atoms with E-state index in [9.17, 15) is 13.5 Å². The summed E-state index contributed by atoms with van der Waals surface area (Å²) in [6.45, 7) is 0. The number of hydrogen-bond donors (Lipinski definition) is 3. The van der Waals surface area contributed by atoms with E-state index in [1.54, 1.807) is 0 Å². The fraction of sp³-hybridized carbons (Fsp3) is 0. The summed E-state index contributed by atoms with van der Waals surface area (Å²) in [6.07, 6.45) is 0. The molecule has 0 heterocycles. The van der Waals surface area contributed by atoms with Gasteiger partial charge in [0.05, 0.1) is 11.4 Å². The molecule has 2 aromatic rings. The molecule has 0 saturated carbocycles. The molecule has 0 saturated heterocycles. The number of nitrogens with one attached hydrogen (secondary N) is 1. The second-order valence-electron chi connectivity index (χ2n) is 3.84. The molecule has 0 aromatic heterocycles. The van der Waals surface area contributed by atoms with Crippen LogP contribution in [0, 0.1) is 0 Å². The fourth-order valence-corrected chi connectivity index (χ4v) is 2.96. The van der Waals surface area contributed by atoms with E-state index < -0.39 is 10.0 Å². The Balaban J connectivity index is 2.40. The minimum absolute atomic E-state index is 0.0423. The van der Waals surface area contributed by atoms with Crippen LogP contribution in [0.3, 0.4) is 0 Å². The van der Waals surface area contributed by atoms with E-state index in [4.69, 9.17) is 17.3 Å². The van der Waals surface area contributed by atoms with E-state index in [2.05, 4.69) is 4.72 Å². The number of nitrogens with two attached hydrogens (primary N) is 1. The van der Waals surface area contributed by atoms with Gasteiger partial charge < -0.3 is 10.8 Å². The van der Waals surface area contributed by atoms with Crippen LogP contribution < -0.4 is 10.5 Å². The normalized spacial score (nSPS) is 11.2. The smallest absolute Gasteiger partial charge is 0.263 e. The second kappa shape index (κ2) is 4.99. The van der Waals surface area contributed by atoms with E-state index in [1.807, 2.05) is 0 Å². The number of phenolic OH excluding ortho intramolecular Hbond substituents is 1. The maximum Gasteiger partial charge on any atom is 0.263 e. The first-order chi connectivity index (χ1) is 8.88. The van der Waals surface area contributed by atoms with Gasteiger partial charge in [0.15, 0.2) is 0 Å². The van der Waals surface area contributed by atoms with Crippen molar-refractivity contribution in [3.05, 3.63) is 47.5 Å². The summed E-state index contributed by atoms with van der Waals surface area (Å²) >= 11 is 5.76. The largest absolute Gasteiger partial charge is 0.508 e. The van der Waals surface area contributed by atoms with Crippen LogP contribution in [0.1, 0.15) is 0 Å². The van der Waals surface area contributed by atoms with Crippen molar-refractivity contribution in [2.75, 3.05) is 10.5 Å². The van der Waals surface area contributed by atoms with E-state index >= 15 is 0 Å². The molecule has 5 nitrogen and oxygen atoms in total. The minimum Gasteiger partial charge on any atom is -0.508 e. The van der Waals surface area contributed by atoms with Crippen molar-refractivity contribution in [1.29, 1.82) is 0 Å². The molecule has 0 aliphatic carbocycles. The van der Waals surface area contributed by atoms with Gasteiger partial charge in [-0.15, -0.1) is 0 Å². The summed E-state index contributed by atoms with van der Waals surface area (Å²) in [6, 6.07) is 9.95. The Kier molecular flexibility index (Phi) is 3.55. The molecule has 4 N–H and O–H groups in total. The lowest BCUT2D eigenvalue weighted by atomic mass is 10.3. The van der Waals surface area contributed by atoms with Crippen molar-refractivity contribution in [3.8, 4) is 5.75 Å². The third kappa shape index (κ3) is 3.10. The third-order valence-electron chi connectivity index (χ3n) is 2.36. The van der Waals surface area contributed by atoms with Gasteiger partial charge >= 0.3 is 0 Å². The van der Waals surface area contributed by atoms with Crippen molar-refractivity contribution in [2.45, 2.75) is 4.90 Å². The number of rotatable bonds is 3. The highest BCUT2D eigenvalue weighted by Crippen LogP contribution is 2.25. The topological polar surface area (TPSA) is 92.4 Å². The summed E-state index contributed by atoms with van der Waals surface area (Å²) in [7, 11) is -3.85. The Labute approximate surface area is 115 Å². The number of aromatic hydroxyl groups is 1. The van der Waals surface area contributed by atoms with Gasteiger partial charge in [0, 0.05) is 11.1 Å². The first-order valence-corrected chi connectivity index (χ1v) is 7.11. The van der Waals surface area contributed by atoms with Gasteiger partial charge in [0.2, 0.25) is 0 Å². The maximum atomic E-state index is 12.2. The van der Waals surface area contributed by atoms with Gasteiger partial charge in [0.1, 0.15) is 10.6 Å². The van der Waals surface area contributed by atoms with Gasteiger partial charge in [-0.1, -0.05) is 17.7 Å². The number of sulfonamides is 1. The van der Waals surface area contributed by atoms with Crippen molar-refractivity contribution in [3.63, 3.8) is 0 Å². The highest BCUT2D eigenvalue weighted by molar-refractivity contribution is 7.92. The number of halogens is 1. The molecule has 0 spiro atoms. The quantitative estimate of drug-likeness (QED) is 0.759. The van der Waals surface area contributed by atoms with E-state index in [0.29, 0.717) is 0 Å². The van der Waals surface area contributed by atoms with Gasteiger partial charge in [0.25, 0.3) is 10.0 Å². The molecule has 2 aromatic carbocycles. The van der Waals surface area contributed by atoms with E-state index in [1.165, 1.54) is 42.5 Å². The molecular formula is C12H11ClN2O3S. The van der Waals surface area contributed by atoms with Gasteiger partial charge in [-0.3, -0.25) is 4.72 Å². The molecule has 0 aliphatic rings. The number of nitrogen functional groups attached to an aromatic ring is 1. The SMILES string of the molecule is Nc1ccc(Cl)cc1S(=O)(=O)Nc1cccc(O)c1. The molecule has 0 bridgehead atoms. The van der Waals surface area contributed by atoms with Crippen molar-refractivity contribution >= 4 is 33.0 Å². The Morgan fingerprint density at radius 3 is 2.58 bits per heavy atom. The Morgan fingerprint density at radius 2 is 1.89 bits per heavy atom. The first-order valence-electron chi connectivity index (χ1n) is 5.25. The average molecular weight is 299 g/mol. The molecular weight excluding hydrogens is 288 g/mol. The molecule has 100 valence electrons. The van der Waals surface area contributed by atoms with Crippen LogP contribution in [0.5, 0.6) is 5.75 Å². The predicted octanol–water partition coefficient (Wildman–Crippen LogP) is 2.43. The number of anilines is 2. The zero-order valence-electron chi connectivity index (χ0n) is 9.67. The van der Waals surface area contributed by atoms with Crippen LogP contribution in [-0.2, 0) is 10.0 Å². The molecule has 0 unspecified atom stereocenters. The lowest BCUT2D eigenvalue weighted by molar-refractivity contribution is 0.475. The monoisotopic (exact) mass is 298 g/mol. The average Bonchev–Trinajstić information content (AvgIpc) is 2.31. The van der Waals surface area contributed by atoms with E-state index in [0.717, 1.165) is 0 Å². The van der Waals surface area contributed by atoms with E-state index in [-0.39, 0.29) is 27.0 Å². The maximum absolute atomic E-state index is 12.2. The molecule has 19 heavy (non-hydrogen) atoms. The molecule has 0 atom stereocenters. The van der Waals surface area contributed by atoms with Crippen molar-refractivity contribution in [1.82, 2.24) is 0 Å². The molecule has 0 aliphatic heterocycles. The molecule has 0 amide bonds. The number of phenols is 1. The van der Waals surface area contributed by atoms with Crippen molar-refractivity contribution in [2.24, 2.45) is 0 Å². The summed E-state index contributed by atoms with van der Waals surface area (Å²) in [5, 5.41) is 9.57. The van der Waals surface area contributed by atoms with Crippen LogP contribution in [-0.4, -0.2) is 13.5 Å². The highest BCUT2D eigenvalue weighted by Gasteiger charge is 2.18. The fourth-order valence-electron chi connectivity index (χ4n) is 1.52. The summed E-state index contributed by atoms with van der Waals surface area (Å²) < 4.78 is 26.6. The highest BCUT2D eigenvalue weighted by atomic mass is 35.5. The Morgan fingerprint density at radius 1 is 1.16 bits per heavy atom. The third-order valence-corrected chi connectivity index (χ3v) is 4.04. The van der Waals surface area contributed by atoms with Crippen LogP contribution in [0.4, 0.5) is 11.4 Å². The van der Waals surface area contributed by atoms with Crippen LogP contribution >= 0.6 is 11.6 Å². The molecule has 0 radical (unpaired) electrons. The van der Waals surface area contributed by atoms with Gasteiger partial charge in [-0.2, -0.15) is 0 Å². The zero-order chi connectivity index (χ0) is 14.0. The lowest BCUT2D eigenvalue weighted by Crippen LogP contribution is -2.14. The van der Waals surface area contributed by atoms with Gasteiger partial charge in [-0.25, -0.2) is 8.42 Å². The summed E-state index contributed by atoms with van der Waals surface area (Å²) in [5.74, 6) is -0.0423. The zero-order valence-corrected chi connectivity index (χ0v) is 11.2. The van der Waals surface area contributed by atoms with Crippen LogP contribution in [0.2, 0.25) is 5.02 Å². The minimum atomic E-state index is -3.85. The summed E-state index contributed by atoms with van der Waals surface area (Å²) in [5.41, 5.74) is 5.96. The molecule has 0 fully saturated rings. The molecule has 7 heteroatoms. The van der Waals surface area contributed by atoms with Crippen LogP contribution in [0.25, 0.3) is 0 Å². The standard InChI is InChI=1S/C12H11ClN2O3S/c13-8-4-5-11(14)12(6-8)19(17,18)15-9-2-1-3-10(16)7-9/h1-7,15-16H,14H2. The second-order valence-corrected chi connectivity index (χ2v) is 5.93. The lowest BCUT2D eigenvalue weighted by Gasteiger charge is -2.10. The Bertz CT molecular complexity index is 717. The van der Waals surface area contributed by atoms with Crippen LogP contribution in [0.15, 0.2) is 47.4 Å².